The number of aliphatic hydroxyl groups excluding tert-OH is 1. The molecule has 0 radical (unpaired) electrons. The second-order valence-electron chi connectivity index (χ2n) is 8.57. The molecule has 33 heavy (non-hydrogen) atoms. The standard InChI is InChI=1S/C23H22ClFN4O4/c24-16-3-2-15(9-17(16)25)33-13-20(31)28-22-5-7-23(8-6-22,19(30)10-22)29-21(32)18-4-1-14(11-26)12-27-18/h1-4,9,12,19,30H,5-8,10,13H2,(H,28,31)(H,29,32). The van der Waals surface area contributed by atoms with Gasteiger partial charge in [-0.3, -0.25) is 9.59 Å². The highest BCUT2D eigenvalue weighted by Crippen LogP contribution is 2.47. The van der Waals surface area contributed by atoms with Crippen LogP contribution in [0.5, 0.6) is 5.75 Å². The first-order chi connectivity index (χ1) is 15.7. The van der Waals surface area contributed by atoms with Gasteiger partial charge in [0.05, 0.1) is 22.2 Å². The Morgan fingerprint density at radius 2 is 2.00 bits per heavy atom. The van der Waals surface area contributed by atoms with E-state index in [2.05, 4.69) is 15.6 Å². The number of benzene rings is 1. The average Bonchev–Trinajstić information content (AvgIpc) is 2.81. The van der Waals surface area contributed by atoms with Crippen LogP contribution in [-0.4, -0.2) is 45.7 Å². The topological polar surface area (TPSA) is 124 Å². The van der Waals surface area contributed by atoms with Gasteiger partial charge in [-0.15, -0.1) is 0 Å². The van der Waals surface area contributed by atoms with Crippen LogP contribution in [0.2, 0.25) is 5.02 Å². The molecule has 2 amide bonds. The number of hydrogen-bond acceptors (Lipinski definition) is 6. The number of amides is 2. The Kier molecular flexibility index (Phi) is 6.23. The van der Waals surface area contributed by atoms with Gasteiger partial charge in [-0.05, 0) is 56.4 Å². The fourth-order valence-corrected chi connectivity index (χ4v) is 4.71. The van der Waals surface area contributed by atoms with E-state index in [1.54, 1.807) is 0 Å². The van der Waals surface area contributed by atoms with Gasteiger partial charge in [0.25, 0.3) is 11.8 Å². The molecule has 8 nitrogen and oxygen atoms in total. The maximum Gasteiger partial charge on any atom is 0.270 e. The van der Waals surface area contributed by atoms with Crippen LogP contribution < -0.4 is 15.4 Å². The normalized spacial score (nSPS) is 25.7. The number of hydrogen-bond donors (Lipinski definition) is 3. The molecule has 5 rings (SSSR count). The van der Waals surface area contributed by atoms with E-state index >= 15 is 0 Å². The maximum absolute atomic E-state index is 13.5. The predicted octanol–water partition coefficient (Wildman–Crippen LogP) is 2.49. The molecular formula is C23H22ClFN4O4. The summed E-state index contributed by atoms with van der Waals surface area (Å²) in [6.07, 6.45) is 2.88. The number of rotatable bonds is 6. The minimum absolute atomic E-state index is 0.0328. The van der Waals surface area contributed by atoms with Crippen molar-refractivity contribution in [2.75, 3.05) is 6.61 Å². The van der Waals surface area contributed by atoms with Crippen molar-refractivity contribution >= 4 is 23.4 Å². The number of pyridine rings is 1. The zero-order valence-electron chi connectivity index (χ0n) is 17.6. The van der Waals surface area contributed by atoms with E-state index in [1.807, 2.05) is 6.07 Å². The highest BCUT2D eigenvalue weighted by atomic mass is 35.5. The molecule has 2 bridgehead atoms. The smallest absolute Gasteiger partial charge is 0.270 e. The molecule has 1 unspecified atom stereocenters. The van der Waals surface area contributed by atoms with Gasteiger partial charge in [-0.2, -0.15) is 5.26 Å². The summed E-state index contributed by atoms with van der Waals surface area (Å²) in [6, 6.07) is 8.87. The molecule has 1 aromatic carbocycles. The molecule has 1 atom stereocenters. The van der Waals surface area contributed by atoms with Gasteiger partial charge in [-0.1, -0.05) is 11.6 Å². The molecule has 3 saturated carbocycles. The number of fused-ring (bicyclic) bond motifs is 3. The summed E-state index contributed by atoms with van der Waals surface area (Å²) in [4.78, 5) is 29.2. The van der Waals surface area contributed by atoms with E-state index in [-0.39, 0.29) is 35.4 Å². The fourth-order valence-electron chi connectivity index (χ4n) is 4.59. The van der Waals surface area contributed by atoms with Gasteiger partial charge in [0.2, 0.25) is 0 Å². The summed E-state index contributed by atoms with van der Waals surface area (Å²) in [5.41, 5.74) is -0.867. The molecule has 0 aliphatic heterocycles. The van der Waals surface area contributed by atoms with Gasteiger partial charge in [0, 0.05) is 17.8 Å². The molecule has 3 aliphatic carbocycles. The SMILES string of the molecule is N#Cc1ccc(C(=O)NC23CCC(NC(=O)COc4ccc(Cl)c(F)c4)(CC2)CC3O)nc1. The van der Waals surface area contributed by atoms with Crippen molar-refractivity contribution in [3.63, 3.8) is 0 Å². The van der Waals surface area contributed by atoms with Gasteiger partial charge in [0.1, 0.15) is 23.3 Å². The van der Waals surface area contributed by atoms with E-state index < -0.39 is 28.9 Å². The largest absolute Gasteiger partial charge is 0.484 e. The predicted molar refractivity (Wildman–Crippen MR) is 116 cm³/mol. The molecule has 172 valence electrons. The van der Waals surface area contributed by atoms with Crippen molar-refractivity contribution in [2.24, 2.45) is 0 Å². The zero-order valence-corrected chi connectivity index (χ0v) is 18.4. The molecule has 0 saturated heterocycles. The molecule has 2 aromatic rings. The summed E-state index contributed by atoms with van der Waals surface area (Å²) in [6.45, 7) is -0.300. The molecule has 3 N–H and O–H groups in total. The van der Waals surface area contributed by atoms with Crippen molar-refractivity contribution in [1.82, 2.24) is 15.6 Å². The summed E-state index contributed by atoms with van der Waals surface area (Å²) in [5.74, 6) is -1.24. The third-order valence-electron chi connectivity index (χ3n) is 6.47. The van der Waals surface area contributed by atoms with Crippen LogP contribution in [-0.2, 0) is 4.79 Å². The second kappa shape index (κ2) is 8.96. The highest BCUT2D eigenvalue weighted by molar-refractivity contribution is 6.30. The molecule has 3 fully saturated rings. The minimum atomic E-state index is -0.853. The molecule has 3 aliphatic rings. The van der Waals surface area contributed by atoms with Crippen molar-refractivity contribution in [1.29, 1.82) is 5.26 Å². The lowest BCUT2D eigenvalue weighted by Gasteiger charge is -2.56. The monoisotopic (exact) mass is 472 g/mol. The van der Waals surface area contributed by atoms with Gasteiger partial charge >= 0.3 is 0 Å². The summed E-state index contributed by atoms with van der Waals surface area (Å²) < 4.78 is 18.9. The lowest BCUT2D eigenvalue weighted by Crippen LogP contribution is -2.70. The Morgan fingerprint density at radius 3 is 2.61 bits per heavy atom. The van der Waals surface area contributed by atoms with Crippen LogP contribution in [0.3, 0.4) is 0 Å². The second-order valence-corrected chi connectivity index (χ2v) is 8.97. The van der Waals surface area contributed by atoms with Crippen molar-refractivity contribution < 1.29 is 23.8 Å². The third-order valence-corrected chi connectivity index (χ3v) is 6.78. The van der Waals surface area contributed by atoms with Crippen LogP contribution in [0.4, 0.5) is 4.39 Å². The van der Waals surface area contributed by atoms with Gasteiger partial charge in [-0.25, -0.2) is 9.37 Å². The van der Waals surface area contributed by atoms with Gasteiger partial charge < -0.3 is 20.5 Å². The number of aliphatic hydroxyl groups is 1. The summed E-state index contributed by atoms with van der Waals surface area (Å²) in [5, 5.41) is 25.6. The molecular weight excluding hydrogens is 451 g/mol. The van der Waals surface area contributed by atoms with Crippen LogP contribution in [0.1, 0.15) is 48.2 Å². The van der Waals surface area contributed by atoms with E-state index in [4.69, 9.17) is 21.6 Å². The molecule has 10 heteroatoms. The minimum Gasteiger partial charge on any atom is -0.484 e. The first-order valence-electron chi connectivity index (χ1n) is 10.5. The fraction of sp³-hybridized carbons (Fsp3) is 0.391. The third kappa shape index (κ3) is 4.77. The van der Waals surface area contributed by atoms with Crippen LogP contribution in [0.25, 0.3) is 0 Å². The number of halogens is 2. The van der Waals surface area contributed by atoms with Gasteiger partial charge in [0.15, 0.2) is 6.61 Å². The molecule has 1 aromatic heterocycles. The number of nitrogens with one attached hydrogen (secondary N) is 2. The Balaban J connectivity index is 1.34. The van der Waals surface area contributed by atoms with Crippen molar-refractivity contribution in [2.45, 2.75) is 49.3 Å². The Bertz CT molecular complexity index is 1110. The van der Waals surface area contributed by atoms with Crippen molar-refractivity contribution in [3.05, 3.63) is 58.6 Å². The van der Waals surface area contributed by atoms with E-state index in [1.165, 1.54) is 30.5 Å². The van der Waals surface area contributed by atoms with Crippen LogP contribution in [0, 0.1) is 17.1 Å². The zero-order chi connectivity index (χ0) is 23.6. The number of nitriles is 1. The number of ether oxygens (including phenoxy) is 1. The van der Waals surface area contributed by atoms with Crippen LogP contribution in [0.15, 0.2) is 36.5 Å². The van der Waals surface area contributed by atoms with Crippen molar-refractivity contribution in [3.8, 4) is 11.8 Å². The Labute approximate surface area is 194 Å². The number of aromatic nitrogens is 1. The summed E-state index contributed by atoms with van der Waals surface area (Å²) in [7, 11) is 0. The number of nitrogens with zero attached hydrogens (tertiary/aromatic N) is 2. The van der Waals surface area contributed by atoms with Crippen LogP contribution >= 0.6 is 11.6 Å². The average molecular weight is 473 g/mol. The Hall–Kier alpha value is -3.22. The molecule has 0 spiro atoms. The quantitative estimate of drug-likeness (QED) is 0.593. The Morgan fingerprint density at radius 1 is 1.24 bits per heavy atom. The first kappa shape index (κ1) is 23.0. The maximum atomic E-state index is 13.5. The van der Waals surface area contributed by atoms with E-state index in [0.29, 0.717) is 31.2 Å². The number of carbonyl (C=O) groups excluding carboxylic acids is 2. The lowest BCUT2D eigenvalue weighted by molar-refractivity contribution is -0.129. The lowest BCUT2D eigenvalue weighted by atomic mass is 9.60. The number of carbonyl (C=O) groups is 2. The van der Waals surface area contributed by atoms with E-state index in [9.17, 15) is 19.1 Å². The molecule has 1 heterocycles. The first-order valence-corrected chi connectivity index (χ1v) is 10.9. The summed E-state index contributed by atoms with van der Waals surface area (Å²) >= 11 is 5.64. The highest BCUT2D eigenvalue weighted by Gasteiger charge is 2.55. The van der Waals surface area contributed by atoms with E-state index in [0.717, 1.165) is 6.07 Å².